The number of carbonyl (C=O) groups is 2. The molecule has 1 heterocycles. The molecule has 0 saturated heterocycles. The molecule has 0 fully saturated rings. The molecule has 2 aromatic rings. The average Bonchev–Trinajstić information content (AvgIpc) is 2.95. The van der Waals surface area contributed by atoms with Crippen molar-refractivity contribution in [3.8, 4) is 28.7 Å². The minimum atomic E-state index is -0.794. The molecule has 0 spiro atoms. The first-order chi connectivity index (χ1) is 18.8. The van der Waals surface area contributed by atoms with Crippen LogP contribution in [0.5, 0.6) is 28.7 Å². The maximum Gasteiger partial charge on any atom is 0.315 e. The minimum Gasteiger partial charge on any atom is -0.496 e. The fourth-order valence-corrected chi connectivity index (χ4v) is 5.57. The van der Waals surface area contributed by atoms with Gasteiger partial charge in [0, 0.05) is 41.0 Å². The predicted molar refractivity (Wildman–Crippen MR) is 146 cm³/mol. The molecule has 1 aliphatic carbocycles. The van der Waals surface area contributed by atoms with Crippen LogP contribution in [-0.2, 0) is 14.3 Å². The van der Waals surface area contributed by atoms with Gasteiger partial charge in [0.15, 0.2) is 28.8 Å². The Bertz CT molecular complexity index is 1330. The Morgan fingerprint density at radius 1 is 0.846 bits per heavy atom. The molecule has 9 heteroatoms. The molecular formula is C30H35NO8. The Balaban J connectivity index is 1.87. The number of aliphatic imine (C=N–C) groups is 1. The van der Waals surface area contributed by atoms with Gasteiger partial charge in [-0.05, 0) is 49.9 Å². The molecule has 2 aliphatic rings. The number of allylic oxidation sites excluding steroid dienone is 2. The SMILES string of the molecule is CCOC(=O)C1C(C)=NC2=C(C(=O)CC(c3ccc(OC)c(OC)c3)C2)C1c1cc(OC)c(OC)cc1OC. The zero-order chi connectivity index (χ0) is 28.3. The average molecular weight is 538 g/mol. The summed E-state index contributed by atoms with van der Waals surface area (Å²) in [6.07, 6.45) is 0.778. The lowest BCUT2D eigenvalue weighted by Gasteiger charge is -2.37. The highest BCUT2D eigenvalue weighted by Crippen LogP contribution is 2.51. The monoisotopic (exact) mass is 537 g/mol. The first-order valence-corrected chi connectivity index (χ1v) is 12.8. The summed E-state index contributed by atoms with van der Waals surface area (Å²) in [5.41, 5.74) is 3.32. The van der Waals surface area contributed by atoms with Gasteiger partial charge >= 0.3 is 5.97 Å². The molecule has 4 rings (SSSR count). The van der Waals surface area contributed by atoms with E-state index >= 15 is 0 Å². The number of hydrogen-bond acceptors (Lipinski definition) is 9. The number of ether oxygens (including phenoxy) is 6. The Morgan fingerprint density at radius 2 is 1.46 bits per heavy atom. The molecule has 2 aromatic carbocycles. The number of Topliss-reactive ketones (excluding diaryl/α,β-unsaturated/α-hetero) is 1. The van der Waals surface area contributed by atoms with E-state index in [1.54, 1.807) is 47.3 Å². The molecule has 39 heavy (non-hydrogen) atoms. The van der Waals surface area contributed by atoms with Gasteiger partial charge < -0.3 is 28.4 Å². The van der Waals surface area contributed by atoms with Gasteiger partial charge in [-0.2, -0.15) is 0 Å². The van der Waals surface area contributed by atoms with Crippen LogP contribution in [0, 0.1) is 5.92 Å². The summed E-state index contributed by atoms with van der Waals surface area (Å²) in [7, 11) is 7.78. The molecule has 0 aromatic heterocycles. The zero-order valence-electron chi connectivity index (χ0n) is 23.5. The van der Waals surface area contributed by atoms with Crippen LogP contribution in [0.1, 0.15) is 49.7 Å². The van der Waals surface area contributed by atoms with Crippen molar-refractivity contribution >= 4 is 17.5 Å². The van der Waals surface area contributed by atoms with E-state index in [2.05, 4.69) is 0 Å². The van der Waals surface area contributed by atoms with Crippen molar-refractivity contribution in [2.24, 2.45) is 10.9 Å². The molecule has 3 unspecified atom stereocenters. The fourth-order valence-electron chi connectivity index (χ4n) is 5.57. The number of nitrogens with zero attached hydrogens (tertiary/aromatic N) is 1. The highest BCUT2D eigenvalue weighted by Gasteiger charge is 2.46. The van der Waals surface area contributed by atoms with Gasteiger partial charge in [0.05, 0.1) is 42.2 Å². The number of ketones is 1. The Labute approximate surface area is 228 Å². The van der Waals surface area contributed by atoms with Gasteiger partial charge in [-0.3, -0.25) is 14.6 Å². The third kappa shape index (κ3) is 5.17. The molecule has 0 amide bonds. The lowest BCUT2D eigenvalue weighted by molar-refractivity contribution is -0.146. The molecule has 9 nitrogen and oxygen atoms in total. The normalized spacial score (nSPS) is 20.5. The summed E-state index contributed by atoms with van der Waals surface area (Å²) in [6, 6.07) is 9.16. The quantitative estimate of drug-likeness (QED) is 0.418. The number of rotatable bonds is 9. The van der Waals surface area contributed by atoms with E-state index in [-0.39, 0.29) is 24.7 Å². The van der Waals surface area contributed by atoms with E-state index in [4.69, 9.17) is 33.4 Å². The Kier molecular flexibility index (Phi) is 8.47. The topological polar surface area (TPSA) is 102 Å². The molecule has 0 N–H and O–H groups in total. The summed E-state index contributed by atoms with van der Waals surface area (Å²) in [6.45, 7) is 3.76. The van der Waals surface area contributed by atoms with Crippen molar-refractivity contribution in [2.75, 3.05) is 42.2 Å². The van der Waals surface area contributed by atoms with Crippen LogP contribution in [-0.4, -0.2) is 59.6 Å². The molecule has 0 saturated carbocycles. The lowest BCUT2D eigenvalue weighted by atomic mass is 9.69. The van der Waals surface area contributed by atoms with Crippen LogP contribution in [0.3, 0.4) is 0 Å². The van der Waals surface area contributed by atoms with Crippen LogP contribution in [0.15, 0.2) is 46.6 Å². The first kappa shape index (κ1) is 28.0. The Hall–Kier alpha value is -4.01. The van der Waals surface area contributed by atoms with Gasteiger partial charge in [0.2, 0.25) is 0 Å². The number of esters is 1. The van der Waals surface area contributed by atoms with Crippen LogP contribution in [0.25, 0.3) is 0 Å². The number of hydrogen-bond donors (Lipinski definition) is 0. The van der Waals surface area contributed by atoms with Crippen LogP contribution >= 0.6 is 0 Å². The van der Waals surface area contributed by atoms with Gasteiger partial charge in [-0.15, -0.1) is 0 Å². The molecule has 1 aliphatic heterocycles. The summed E-state index contributed by atoms with van der Waals surface area (Å²) >= 11 is 0. The number of carbonyl (C=O) groups excluding carboxylic acids is 2. The van der Waals surface area contributed by atoms with Crippen molar-refractivity contribution in [1.29, 1.82) is 0 Å². The number of methoxy groups -OCH3 is 5. The van der Waals surface area contributed by atoms with E-state index in [1.807, 2.05) is 18.2 Å². The predicted octanol–water partition coefficient (Wildman–Crippen LogP) is 4.87. The fraction of sp³-hybridized carbons (Fsp3) is 0.433. The van der Waals surface area contributed by atoms with Gasteiger partial charge in [0.25, 0.3) is 0 Å². The highest BCUT2D eigenvalue weighted by molar-refractivity contribution is 6.09. The maximum atomic E-state index is 14.0. The van der Waals surface area contributed by atoms with E-state index < -0.39 is 17.8 Å². The third-order valence-electron chi connectivity index (χ3n) is 7.38. The molecule has 208 valence electrons. The van der Waals surface area contributed by atoms with E-state index in [9.17, 15) is 9.59 Å². The van der Waals surface area contributed by atoms with Crippen LogP contribution in [0.4, 0.5) is 0 Å². The second-order valence-corrected chi connectivity index (χ2v) is 9.41. The van der Waals surface area contributed by atoms with Crippen LogP contribution in [0.2, 0.25) is 0 Å². The molecular weight excluding hydrogens is 502 g/mol. The summed E-state index contributed by atoms with van der Waals surface area (Å²) < 4.78 is 33.1. The third-order valence-corrected chi connectivity index (χ3v) is 7.38. The Morgan fingerprint density at radius 3 is 2.08 bits per heavy atom. The van der Waals surface area contributed by atoms with Crippen molar-refractivity contribution in [3.63, 3.8) is 0 Å². The molecule has 3 atom stereocenters. The second-order valence-electron chi connectivity index (χ2n) is 9.41. The first-order valence-electron chi connectivity index (χ1n) is 12.8. The van der Waals surface area contributed by atoms with Crippen molar-refractivity contribution in [3.05, 3.63) is 52.7 Å². The van der Waals surface area contributed by atoms with E-state index in [0.29, 0.717) is 57.7 Å². The van der Waals surface area contributed by atoms with E-state index in [0.717, 1.165) is 5.56 Å². The van der Waals surface area contributed by atoms with Crippen LogP contribution < -0.4 is 23.7 Å². The van der Waals surface area contributed by atoms with E-state index in [1.165, 1.54) is 14.2 Å². The lowest BCUT2D eigenvalue weighted by Crippen LogP contribution is -2.38. The summed E-state index contributed by atoms with van der Waals surface area (Å²) in [4.78, 5) is 32.1. The van der Waals surface area contributed by atoms with Gasteiger partial charge in [0.1, 0.15) is 11.7 Å². The minimum absolute atomic E-state index is 0.0802. The smallest absolute Gasteiger partial charge is 0.315 e. The molecule has 0 radical (unpaired) electrons. The largest absolute Gasteiger partial charge is 0.496 e. The summed E-state index contributed by atoms with van der Waals surface area (Å²) in [5, 5.41) is 0. The van der Waals surface area contributed by atoms with Crippen molar-refractivity contribution in [1.82, 2.24) is 0 Å². The second kappa shape index (κ2) is 11.8. The number of benzene rings is 2. The zero-order valence-corrected chi connectivity index (χ0v) is 23.5. The summed E-state index contributed by atoms with van der Waals surface area (Å²) in [5.74, 6) is 0.541. The highest BCUT2D eigenvalue weighted by atomic mass is 16.5. The molecule has 0 bridgehead atoms. The van der Waals surface area contributed by atoms with Gasteiger partial charge in [-0.25, -0.2) is 0 Å². The standard InChI is InChI=1S/C30H35NO8/c1-8-39-30(33)27-16(2)31-20-11-18(17-9-10-22(34-3)24(13-17)36-5)12-21(32)29(20)28(27)19-14-25(37-6)26(38-7)15-23(19)35-4/h9-10,13-15,18,27-28H,8,11-12H2,1-7H3. The van der Waals surface area contributed by atoms with Crippen molar-refractivity contribution in [2.45, 2.75) is 38.5 Å². The van der Waals surface area contributed by atoms with Crippen molar-refractivity contribution < 1.29 is 38.0 Å². The maximum absolute atomic E-state index is 14.0. The van der Waals surface area contributed by atoms with Gasteiger partial charge in [-0.1, -0.05) is 6.07 Å².